The first kappa shape index (κ1) is 12.2. The Morgan fingerprint density at radius 1 is 1.33 bits per heavy atom. The van der Waals surface area contributed by atoms with E-state index < -0.39 is 12.8 Å². The molecule has 92 valence electrons. The van der Waals surface area contributed by atoms with Crippen LogP contribution in [-0.4, -0.2) is 17.8 Å². The SMILES string of the molecule is O=C(OCF)c1c[n+](Cc2ccccc2)ccn1. The highest BCUT2D eigenvalue weighted by molar-refractivity contribution is 5.86. The van der Waals surface area contributed by atoms with Gasteiger partial charge in [-0.05, 0) is 0 Å². The van der Waals surface area contributed by atoms with Gasteiger partial charge in [0.2, 0.25) is 18.8 Å². The molecule has 0 N–H and O–H groups in total. The van der Waals surface area contributed by atoms with Crippen LogP contribution in [0.5, 0.6) is 0 Å². The summed E-state index contributed by atoms with van der Waals surface area (Å²) in [5, 5.41) is 0. The van der Waals surface area contributed by atoms with Crippen LogP contribution in [0.1, 0.15) is 16.1 Å². The number of alkyl halides is 1. The zero-order chi connectivity index (χ0) is 12.8. The highest BCUT2D eigenvalue weighted by Gasteiger charge is 2.13. The third kappa shape index (κ3) is 3.10. The lowest BCUT2D eigenvalue weighted by Gasteiger charge is -2.00. The summed E-state index contributed by atoms with van der Waals surface area (Å²) in [4.78, 5) is 15.1. The minimum absolute atomic E-state index is 0.0890. The molecule has 18 heavy (non-hydrogen) atoms. The predicted octanol–water partition coefficient (Wildman–Crippen LogP) is 1.50. The van der Waals surface area contributed by atoms with E-state index in [-0.39, 0.29) is 5.69 Å². The molecule has 1 aromatic carbocycles. The summed E-state index contributed by atoms with van der Waals surface area (Å²) in [6.07, 6.45) is 4.75. The number of nitrogens with zero attached hydrogens (tertiary/aromatic N) is 2. The van der Waals surface area contributed by atoms with E-state index >= 15 is 0 Å². The van der Waals surface area contributed by atoms with Gasteiger partial charge in [0.05, 0.1) is 6.20 Å². The average molecular weight is 247 g/mol. The number of rotatable bonds is 4. The summed E-state index contributed by atoms with van der Waals surface area (Å²) in [5.41, 5.74) is 1.18. The van der Waals surface area contributed by atoms with Gasteiger partial charge in [0.15, 0.2) is 12.7 Å². The number of benzene rings is 1. The largest absolute Gasteiger partial charge is 0.429 e. The molecule has 4 nitrogen and oxygen atoms in total. The molecule has 2 aromatic rings. The lowest BCUT2D eigenvalue weighted by Crippen LogP contribution is -2.35. The summed E-state index contributed by atoms with van der Waals surface area (Å²) in [6, 6.07) is 9.77. The van der Waals surface area contributed by atoms with Crippen LogP contribution < -0.4 is 4.57 Å². The van der Waals surface area contributed by atoms with Crippen LogP contribution in [-0.2, 0) is 11.3 Å². The molecule has 5 heteroatoms. The van der Waals surface area contributed by atoms with E-state index in [1.807, 2.05) is 30.3 Å². The second-order valence-electron chi connectivity index (χ2n) is 3.64. The van der Waals surface area contributed by atoms with Gasteiger partial charge in [-0.2, -0.15) is 4.57 Å². The van der Waals surface area contributed by atoms with Gasteiger partial charge in [0.1, 0.15) is 0 Å². The molecule has 0 unspecified atom stereocenters. The van der Waals surface area contributed by atoms with Gasteiger partial charge in [0.25, 0.3) is 0 Å². The lowest BCUT2D eigenvalue weighted by atomic mass is 10.2. The van der Waals surface area contributed by atoms with Crippen molar-refractivity contribution in [2.45, 2.75) is 6.54 Å². The van der Waals surface area contributed by atoms with Gasteiger partial charge < -0.3 is 4.74 Å². The molecule has 1 heterocycles. The first-order valence-corrected chi connectivity index (χ1v) is 5.41. The number of ether oxygens (including phenoxy) is 1. The highest BCUT2D eigenvalue weighted by atomic mass is 19.1. The first-order valence-electron chi connectivity index (χ1n) is 5.41. The molecule has 2 rings (SSSR count). The lowest BCUT2D eigenvalue weighted by molar-refractivity contribution is -0.689. The Labute approximate surface area is 104 Å². The number of hydrogen-bond acceptors (Lipinski definition) is 3. The molecule has 0 saturated heterocycles. The molecule has 1 aromatic heterocycles. The second-order valence-corrected chi connectivity index (χ2v) is 3.64. The first-order chi connectivity index (χ1) is 8.79. The molecule has 0 spiro atoms. The van der Waals surface area contributed by atoms with Crippen LogP contribution >= 0.6 is 0 Å². The van der Waals surface area contributed by atoms with Crippen molar-refractivity contribution in [2.75, 3.05) is 6.86 Å². The van der Waals surface area contributed by atoms with Crippen LogP contribution in [0, 0.1) is 0 Å². The maximum absolute atomic E-state index is 11.9. The quantitative estimate of drug-likeness (QED) is 0.607. The Balaban J connectivity index is 2.15. The third-order valence-electron chi connectivity index (χ3n) is 2.36. The van der Waals surface area contributed by atoms with Gasteiger partial charge in [-0.3, -0.25) is 0 Å². The molecule has 0 bridgehead atoms. The number of hydrogen-bond donors (Lipinski definition) is 0. The zero-order valence-corrected chi connectivity index (χ0v) is 9.62. The maximum atomic E-state index is 11.9. The number of halogens is 1. The second kappa shape index (κ2) is 5.86. The Hall–Kier alpha value is -2.30. The van der Waals surface area contributed by atoms with E-state index in [1.54, 1.807) is 10.8 Å². The van der Waals surface area contributed by atoms with E-state index in [0.717, 1.165) is 5.56 Å². The smallest absolute Gasteiger partial charge is 0.365 e. The number of esters is 1. The Morgan fingerprint density at radius 3 is 2.83 bits per heavy atom. The van der Waals surface area contributed by atoms with Crippen LogP contribution in [0.4, 0.5) is 4.39 Å². The van der Waals surface area contributed by atoms with E-state index in [2.05, 4.69) is 9.72 Å². The number of aromatic nitrogens is 2. The molecule has 0 amide bonds. The van der Waals surface area contributed by atoms with Crippen LogP contribution in [0.3, 0.4) is 0 Å². The van der Waals surface area contributed by atoms with Crippen molar-refractivity contribution in [3.05, 3.63) is 60.2 Å². The fourth-order valence-corrected chi connectivity index (χ4v) is 1.55. The Bertz CT molecular complexity index is 532. The summed E-state index contributed by atoms with van der Waals surface area (Å²) in [6.45, 7) is -0.534. The van der Waals surface area contributed by atoms with Gasteiger partial charge >= 0.3 is 5.97 Å². The normalized spacial score (nSPS) is 10.1. The summed E-state index contributed by atoms with van der Waals surface area (Å²) < 4.78 is 17.9. The van der Waals surface area contributed by atoms with Crippen LogP contribution in [0.25, 0.3) is 0 Å². The zero-order valence-electron chi connectivity index (χ0n) is 9.62. The number of carbonyl (C=O) groups is 1. The van der Waals surface area contributed by atoms with Crippen molar-refractivity contribution < 1.29 is 18.5 Å². The summed E-state index contributed by atoms with van der Waals surface area (Å²) in [7, 11) is 0. The molecule has 0 saturated carbocycles. The van der Waals surface area contributed by atoms with E-state index in [4.69, 9.17) is 0 Å². The molecule has 0 aliphatic carbocycles. The van der Waals surface area contributed by atoms with Crippen molar-refractivity contribution >= 4 is 5.97 Å². The van der Waals surface area contributed by atoms with Crippen molar-refractivity contribution in [3.63, 3.8) is 0 Å². The van der Waals surface area contributed by atoms with Crippen molar-refractivity contribution in [3.8, 4) is 0 Å². The molecule has 0 fully saturated rings. The number of carbonyl (C=O) groups excluding carboxylic acids is 1. The van der Waals surface area contributed by atoms with Gasteiger partial charge in [-0.15, -0.1) is 0 Å². The molecule has 0 radical (unpaired) electrons. The molecular weight excluding hydrogens is 235 g/mol. The monoisotopic (exact) mass is 247 g/mol. The minimum atomic E-state index is -1.14. The fourth-order valence-electron chi connectivity index (χ4n) is 1.55. The van der Waals surface area contributed by atoms with Crippen LogP contribution in [0.15, 0.2) is 48.9 Å². The third-order valence-corrected chi connectivity index (χ3v) is 2.36. The van der Waals surface area contributed by atoms with Crippen LogP contribution in [0.2, 0.25) is 0 Å². The standard InChI is InChI=1S/C13H12FN2O2/c14-10-18-13(17)12-9-16(7-6-15-12)8-11-4-2-1-3-5-11/h1-7,9H,8,10H2/q+1. The molecule has 0 aliphatic rings. The predicted molar refractivity (Wildman–Crippen MR) is 61.4 cm³/mol. The summed E-state index contributed by atoms with van der Waals surface area (Å²) in [5.74, 6) is -0.764. The van der Waals surface area contributed by atoms with Crippen molar-refractivity contribution in [1.82, 2.24) is 4.98 Å². The summed E-state index contributed by atoms with van der Waals surface area (Å²) >= 11 is 0. The average Bonchev–Trinajstić information content (AvgIpc) is 2.40. The van der Waals surface area contributed by atoms with E-state index in [9.17, 15) is 9.18 Å². The molecule has 0 atom stereocenters. The van der Waals surface area contributed by atoms with Gasteiger partial charge in [-0.1, -0.05) is 30.3 Å². The maximum Gasteiger partial charge on any atom is 0.365 e. The molecule has 0 aliphatic heterocycles. The van der Waals surface area contributed by atoms with Gasteiger partial charge in [-0.25, -0.2) is 14.2 Å². The van der Waals surface area contributed by atoms with E-state index in [1.165, 1.54) is 12.4 Å². The Morgan fingerprint density at radius 2 is 2.11 bits per heavy atom. The van der Waals surface area contributed by atoms with Crippen molar-refractivity contribution in [1.29, 1.82) is 0 Å². The fraction of sp³-hybridized carbons (Fsp3) is 0.154. The minimum Gasteiger partial charge on any atom is -0.429 e. The highest BCUT2D eigenvalue weighted by Crippen LogP contribution is 1.98. The van der Waals surface area contributed by atoms with Crippen molar-refractivity contribution in [2.24, 2.45) is 0 Å². The van der Waals surface area contributed by atoms with Gasteiger partial charge in [0, 0.05) is 5.56 Å². The Kier molecular flexibility index (Phi) is 3.96. The topological polar surface area (TPSA) is 43.1 Å². The van der Waals surface area contributed by atoms with E-state index in [0.29, 0.717) is 6.54 Å². The molecular formula is C13H12FN2O2+.